The van der Waals surface area contributed by atoms with E-state index in [1.54, 1.807) is 26.4 Å². The highest BCUT2D eigenvalue weighted by molar-refractivity contribution is 6.01. The van der Waals surface area contributed by atoms with Gasteiger partial charge in [0, 0.05) is 24.1 Å². The second-order valence-electron chi connectivity index (χ2n) is 7.22. The van der Waals surface area contributed by atoms with Crippen LogP contribution < -0.4 is 19.5 Å². The molecule has 1 heterocycles. The minimum Gasteiger partial charge on any atom is -0.493 e. The Morgan fingerprint density at radius 3 is 2.52 bits per heavy atom. The van der Waals surface area contributed by atoms with E-state index in [1.165, 1.54) is 0 Å². The average molecular weight is 427 g/mol. The Kier molecular flexibility index (Phi) is 7.76. The molecule has 1 N–H and O–H groups in total. The Labute approximate surface area is 182 Å². The van der Waals surface area contributed by atoms with Crippen LogP contribution >= 0.6 is 0 Å². The van der Waals surface area contributed by atoms with E-state index < -0.39 is 0 Å². The van der Waals surface area contributed by atoms with Crippen LogP contribution in [0.15, 0.2) is 30.3 Å². The number of ether oxygens (including phenoxy) is 4. The molecule has 0 saturated heterocycles. The topological polar surface area (TPSA) is 83.1 Å². The van der Waals surface area contributed by atoms with E-state index in [-0.39, 0.29) is 25.1 Å². The number of rotatable bonds is 11. The highest BCUT2D eigenvalue weighted by Gasteiger charge is 2.25. The van der Waals surface area contributed by atoms with Crippen LogP contribution in [-0.4, -0.2) is 39.3 Å². The van der Waals surface area contributed by atoms with Crippen LogP contribution in [0.1, 0.15) is 48.5 Å². The van der Waals surface area contributed by atoms with Crippen LogP contribution in [0, 0.1) is 0 Å². The van der Waals surface area contributed by atoms with Crippen molar-refractivity contribution in [2.75, 3.05) is 27.4 Å². The van der Waals surface area contributed by atoms with Gasteiger partial charge >= 0.3 is 5.97 Å². The molecular weight excluding hydrogens is 398 g/mol. The van der Waals surface area contributed by atoms with Crippen molar-refractivity contribution in [1.29, 1.82) is 0 Å². The largest absolute Gasteiger partial charge is 0.493 e. The molecular formula is C24H29NO6. The third-order valence-corrected chi connectivity index (χ3v) is 5.21. The van der Waals surface area contributed by atoms with Gasteiger partial charge in [0.1, 0.15) is 13.2 Å². The molecule has 0 fully saturated rings. The van der Waals surface area contributed by atoms with Crippen molar-refractivity contribution in [3.63, 3.8) is 0 Å². The van der Waals surface area contributed by atoms with Crippen LogP contribution in [-0.2, 0) is 16.1 Å². The molecule has 2 aromatic carbocycles. The van der Waals surface area contributed by atoms with Gasteiger partial charge < -0.3 is 24.3 Å². The Balaban J connectivity index is 1.82. The maximum Gasteiger partial charge on any atom is 0.305 e. The lowest BCUT2D eigenvalue weighted by molar-refractivity contribution is -0.144. The number of carbonyl (C=O) groups is 2. The Morgan fingerprint density at radius 2 is 1.77 bits per heavy atom. The number of nitrogens with one attached hydrogen (secondary N) is 1. The predicted octanol–water partition coefficient (Wildman–Crippen LogP) is 4.12. The van der Waals surface area contributed by atoms with Gasteiger partial charge in [-0.25, -0.2) is 0 Å². The zero-order valence-corrected chi connectivity index (χ0v) is 18.3. The predicted molar refractivity (Wildman–Crippen MR) is 117 cm³/mol. The van der Waals surface area contributed by atoms with Gasteiger partial charge in [-0.3, -0.25) is 9.59 Å². The summed E-state index contributed by atoms with van der Waals surface area (Å²) in [5.74, 6) is 1.15. The van der Waals surface area contributed by atoms with Crippen molar-refractivity contribution < 1.29 is 28.5 Å². The molecule has 7 heteroatoms. The van der Waals surface area contributed by atoms with Crippen molar-refractivity contribution in [1.82, 2.24) is 5.32 Å². The van der Waals surface area contributed by atoms with Crippen LogP contribution in [0.25, 0.3) is 11.1 Å². The summed E-state index contributed by atoms with van der Waals surface area (Å²) < 4.78 is 22.3. The number of benzene rings is 2. The summed E-state index contributed by atoms with van der Waals surface area (Å²) in [5.41, 5.74) is 3.22. The lowest BCUT2D eigenvalue weighted by atomic mass is 9.95. The molecule has 31 heavy (non-hydrogen) atoms. The number of unbranched alkanes of at least 4 members (excludes halogenated alkanes) is 2. The van der Waals surface area contributed by atoms with Crippen LogP contribution in [0.2, 0.25) is 0 Å². The smallest absolute Gasteiger partial charge is 0.305 e. The fourth-order valence-corrected chi connectivity index (χ4v) is 3.65. The van der Waals surface area contributed by atoms with Crippen LogP contribution in [0.3, 0.4) is 0 Å². The molecule has 0 atom stereocenters. The zero-order chi connectivity index (χ0) is 22.2. The molecule has 0 aliphatic carbocycles. The van der Waals surface area contributed by atoms with E-state index in [1.807, 2.05) is 18.2 Å². The summed E-state index contributed by atoms with van der Waals surface area (Å²) in [4.78, 5) is 23.9. The first-order valence-electron chi connectivity index (χ1n) is 10.5. The van der Waals surface area contributed by atoms with Crippen molar-refractivity contribution in [2.24, 2.45) is 0 Å². The monoisotopic (exact) mass is 427 g/mol. The molecule has 0 radical (unpaired) electrons. The number of esters is 1. The molecule has 0 unspecified atom stereocenters. The third kappa shape index (κ3) is 5.10. The van der Waals surface area contributed by atoms with Gasteiger partial charge in [0.05, 0.1) is 14.2 Å². The molecule has 0 aromatic heterocycles. The molecule has 1 amide bonds. The van der Waals surface area contributed by atoms with Crippen LogP contribution in [0.4, 0.5) is 0 Å². The maximum atomic E-state index is 12.1. The van der Waals surface area contributed by atoms with Gasteiger partial charge in [0.25, 0.3) is 5.91 Å². The van der Waals surface area contributed by atoms with E-state index in [0.717, 1.165) is 36.0 Å². The molecule has 2 aromatic rings. The summed E-state index contributed by atoms with van der Waals surface area (Å²) in [5, 5.41) is 2.86. The van der Waals surface area contributed by atoms with E-state index in [2.05, 4.69) is 12.2 Å². The highest BCUT2D eigenvalue weighted by atomic mass is 16.6. The third-order valence-electron chi connectivity index (χ3n) is 5.21. The number of carbonyl (C=O) groups excluding carboxylic acids is 2. The summed E-state index contributed by atoms with van der Waals surface area (Å²) in [6, 6.07) is 9.28. The second-order valence-corrected chi connectivity index (χ2v) is 7.22. The van der Waals surface area contributed by atoms with Gasteiger partial charge in [0.15, 0.2) is 11.5 Å². The van der Waals surface area contributed by atoms with Gasteiger partial charge in [-0.15, -0.1) is 0 Å². The van der Waals surface area contributed by atoms with Crippen molar-refractivity contribution >= 4 is 11.9 Å². The van der Waals surface area contributed by atoms with Crippen molar-refractivity contribution in [3.8, 4) is 28.4 Å². The maximum absolute atomic E-state index is 12.1. The first-order chi connectivity index (χ1) is 15.1. The van der Waals surface area contributed by atoms with Gasteiger partial charge in [-0.2, -0.15) is 0 Å². The van der Waals surface area contributed by atoms with Crippen LogP contribution in [0.5, 0.6) is 17.2 Å². The lowest BCUT2D eigenvalue weighted by Gasteiger charge is -2.19. The first kappa shape index (κ1) is 22.5. The number of hydrogen-bond acceptors (Lipinski definition) is 6. The fraction of sp³-hybridized carbons (Fsp3) is 0.417. The number of hydrogen-bond donors (Lipinski definition) is 1. The van der Waals surface area contributed by atoms with Gasteiger partial charge in [-0.1, -0.05) is 31.9 Å². The minimum atomic E-state index is -0.222. The zero-order valence-electron chi connectivity index (χ0n) is 18.3. The van der Waals surface area contributed by atoms with E-state index in [9.17, 15) is 9.59 Å². The average Bonchev–Trinajstić information content (AvgIpc) is 3.17. The van der Waals surface area contributed by atoms with E-state index in [4.69, 9.17) is 18.9 Å². The number of fused-ring (bicyclic) bond motifs is 1. The summed E-state index contributed by atoms with van der Waals surface area (Å²) in [6.07, 6.45) is 3.31. The van der Waals surface area contributed by atoms with E-state index in [0.29, 0.717) is 35.8 Å². The molecule has 7 nitrogen and oxygen atoms in total. The Hall–Kier alpha value is -3.22. The van der Waals surface area contributed by atoms with Crippen molar-refractivity contribution in [2.45, 2.75) is 39.2 Å². The molecule has 166 valence electrons. The van der Waals surface area contributed by atoms with Gasteiger partial charge in [0.2, 0.25) is 5.75 Å². The number of amides is 1. The first-order valence-corrected chi connectivity index (χ1v) is 10.5. The summed E-state index contributed by atoms with van der Waals surface area (Å²) in [6.45, 7) is 2.85. The standard InChI is InChI=1S/C24H29NO6/c1-4-5-6-10-21(26)30-13-14-31-22-17(11-12-20(28-2)23(22)29-3)16-8-7-9-18-19(16)15-25-24(18)27/h7-9,11-12H,4-6,10,13-15H2,1-3H3,(H,25,27). The summed E-state index contributed by atoms with van der Waals surface area (Å²) in [7, 11) is 3.10. The summed E-state index contributed by atoms with van der Waals surface area (Å²) >= 11 is 0. The fourth-order valence-electron chi connectivity index (χ4n) is 3.65. The molecule has 0 spiro atoms. The molecule has 0 bridgehead atoms. The Morgan fingerprint density at radius 1 is 0.968 bits per heavy atom. The second kappa shape index (κ2) is 10.7. The molecule has 3 rings (SSSR count). The van der Waals surface area contributed by atoms with E-state index >= 15 is 0 Å². The molecule has 1 aliphatic heterocycles. The minimum absolute atomic E-state index is 0.0882. The molecule has 1 aliphatic rings. The van der Waals surface area contributed by atoms with Gasteiger partial charge in [-0.05, 0) is 35.7 Å². The van der Waals surface area contributed by atoms with Crippen molar-refractivity contribution in [3.05, 3.63) is 41.5 Å². The quantitative estimate of drug-likeness (QED) is 0.429. The molecule has 0 saturated carbocycles. The normalized spacial score (nSPS) is 12.2. The Bertz CT molecular complexity index is 940. The lowest BCUT2D eigenvalue weighted by Crippen LogP contribution is -2.13. The highest BCUT2D eigenvalue weighted by Crippen LogP contribution is 2.46. The number of methoxy groups -OCH3 is 2. The SMILES string of the molecule is CCCCCC(=O)OCCOc1c(-c2cccc3c2CNC3=O)ccc(OC)c1OC.